The molecule has 0 bridgehead atoms. The van der Waals surface area contributed by atoms with E-state index >= 15 is 0 Å². The van der Waals surface area contributed by atoms with Crippen molar-refractivity contribution in [2.75, 3.05) is 0 Å². The first-order valence-corrected chi connectivity index (χ1v) is 2.75. The van der Waals surface area contributed by atoms with Gasteiger partial charge in [0.25, 0.3) is 6.43 Å². The van der Waals surface area contributed by atoms with Crippen molar-refractivity contribution >= 4 is 0 Å². The smallest absolute Gasteiger partial charge is 0.236 e. The third-order valence-electron chi connectivity index (χ3n) is 0.984. The van der Waals surface area contributed by atoms with Crippen LogP contribution in [0.5, 0.6) is 0 Å². The topological polar surface area (TPSA) is 49.6 Å². The van der Waals surface area contributed by atoms with Gasteiger partial charge in [0.05, 0.1) is 0 Å². The summed E-state index contributed by atoms with van der Waals surface area (Å²) < 4.78 is 23.7. The molecule has 0 aliphatic heterocycles. The predicted octanol–water partition coefficient (Wildman–Crippen LogP) is 1.29. The van der Waals surface area contributed by atoms with Gasteiger partial charge in [-0.1, -0.05) is 0 Å². The molecule has 0 atom stereocenters. The zero-order chi connectivity index (χ0) is 8.27. The second-order valence-electron chi connectivity index (χ2n) is 1.71. The van der Waals surface area contributed by atoms with Crippen LogP contribution in [0, 0.1) is 11.3 Å². The first-order valence-electron chi connectivity index (χ1n) is 2.75. The molecule has 0 saturated heterocycles. The van der Waals surface area contributed by atoms with Gasteiger partial charge in [-0.15, -0.1) is 0 Å². The van der Waals surface area contributed by atoms with Crippen LogP contribution in [0.1, 0.15) is 17.9 Å². The first kappa shape index (κ1) is 7.54. The van der Waals surface area contributed by atoms with Gasteiger partial charge in [0.1, 0.15) is 11.8 Å². The van der Waals surface area contributed by atoms with E-state index in [0.29, 0.717) is 0 Å². The molecule has 0 N–H and O–H groups in total. The van der Waals surface area contributed by atoms with Crippen LogP contribution in [-0.2, 0) is 0 Å². The van der Waals surface area contributed by atoms with Gasteiger partial charge in [0.2, 0.25) is 0 Å². The molecular formula is C6H3F2N3. The van der Waals surface area contributed by atoms with Crippen LogP contribution in [0.15, 0.2) is 12.3 Å². The van der Waals surface area contributed by atoms with Crippen LogP contribution >= 0.6 is 0 Å². The summed E-state index contributed by atoms with van der Waals surface area (Å²) in [5.74, 6) is -0.607. The Hall–Kier alpha value is -1.57. The third-order valence-corrected chi connectivity index (χ3v) is 0.984. The lowest BCUT2D eigenvalue weighted by atomic mass is 10.4. The fourth-order valence-corrected chi connectivity index (χ4v) is 0.541. The molecule has 1 rings (SSSR count). The lowest BCUT2D eigenvalue weighted by molar-refractivity contribution is 0.140. The third kappa shape index (κ3) is 1.67. The van der Waals surface area contributed by atoms with Crippen molar-refractivity contribution in [3.8, 4) is 6.07 Å². The van der Waals surface area contributed by atoms with E-state index in [2.05, 4.69) is 9.97 Å². The van der Waals surface area contributed by atoms with E-state index in [1.54, 1.807) is 6.07 Å². The van der Waals surface area contributed by atoms with Crippen molar-refractivity contribution in [2.24, 2.45) is 0 Å². The minimum absolute atomic E-state index is 0.0460. The van der Waals surface area contributed by atoms with Crippen LogP contribution in [0.2, 0.25) is 0 Å². The maximum absolute atomic E-state index is 11.8. The standard InChI is InChI=1S/C6H3F2N3/c7-5(8)6-10-2-1-4(3-9)11-6/h1-2,5H. The molecule has 1 aromatic heterocycles. The molecular weight excluding hydrogens is 152 g/mol. The second-order valence-corrected chi connectivity index (χ2v) is 1.71. The van der Waals surface area contributed by atoms with Gasteiger partial charge in [-0.3, -0.25) is 0 Å². The molecule has 56 valence electrons. The summed E-state index contributed by atoms with van der Waals surface area (Å²) in [5, 5.41) is 8.26. The Morgan fingerprint density at radius 1 is 1.55 bits per heavy atom. The molecule has 1 aromatic rings. The van der Waals surface area contributed by atoms with E-state index in [9.17, 15) is 8.78 Å². The molecule has 0 spiro atoms. The summed E-state index contributed by atoms with van der Waals surface area (Å²) >= 11 is 0. The van der Waals surface area contributed by atoms with Crippen LogP contribution in [0.4, 0.5) is 8.78 Å². The fourth-order valence-electron chi connectivity index (χ4n) is 0.541. The maximum Gasteiger partial charge on any atom is 0.297 e. The van der Waals surface area contributed by atoms with Crippen molar-refractivity contribution in [1.29, 1.82) is 5.26 Å². The highest BCUT2D eigenvalue weighted by molar-refractivity contribution is 5.18. The van der Waals surface area contributed by atoms with Crippen molar-refractivity contribution in [1.82, 2.24) is 9.97 Å². The van der Waals surface area contributed by atoms with E-state index in [4.69, 9.17) is 5.26 Å². The summed E-state index contributed by atoms with van der Waals surface area (Å²) in [6.45, 7) is 0. The fraction of sp³-hybridized carbons (Fsp3) is 0.167. The molecule has 0 saturated carbocycles. The van der Waals surface area contributed by atoms with Gasteiger partial charge in [-0.25, -0.2) is 18.7 Å². The van der Waals surface area contributed by atoms with Crippen molar-refractivity contribution < 1.29 is 8.78 Å². The minimum Gasteiger partial charge on any atom is -0.236 e. The molecule has 1 heterocycles. The zero-order valence-corrected chi connectivity index (χ0v) is 5.33. The lowest BCUT2D eigenvalue weighted by Crippen LogP contribution is -1.95. The van der Waals surface area contributed by atoms with Crippen LogP contribution in [0.25, 0.3) is 0 Å². The Kier molecular flexibility index (Phi) is 2.06. The first-order chi connectivity index (χ1) is 5.24. The summed E-state index contributed by atoms with van der Waals surface area (Å²) in [5.41, 5.74) is -0.0460. The van der Waals surface area contributed by atoms with Gasteiger partial charge < -0.3 is 0 Å². The summed E-state index contributed by atoms with van der Waals surface area (Å²) in [7, 11) is 0. The largest absolute Gasteiger partial charge is 0.297 e. The van der Waals surface area contributed by atoms with E-state index in [1.165, 1.54) is 6.07 Å². The normalized spacial score (nSPS) is 9.64. The monoisotopic (exact) mass is 155 g/mol. The van der Waals surface area contributed by atoms with Crippen molar-refractivity contribution in [2.45, 2.75) is 6.43 Å². The number of hydrogen-bond donors (Lipinski definition) is 0. The van der Waals surface area contributed by atoms with Crippen LogP contribution in [-0.4, -0.2) is 9.97 Å². The van der Waals surface area contributed by atoms with Crippen LogP contribution in [0.3, 0.4) is 0 Å². The average molecular weight is 155 g/mol. The SMILES string of the molecule is N#Cc1ccnc(C(F)F)n1. The summed E-state index contributed by atoms with van der Waals surface area (Å²) in [6.07, 6.45) is -1.59. The van der Waals surface area contributed by atoms with E-state index in [-0.39, 0.29) is 5.69 Å². The second kappa shape index (κ2) is 3.01. The van der Waals surface area contributed by atoms with E-state index < -0.39 is 12.2 Å². The Bertz CT molecular complexity index is 292. The highest BCUT2D eigenvalue weighted by atomic mass is 19.3. The highest BCUT2D eigenvalue weighted by Gasteiger charge is 2.09. The molecule has 3 nitrogen and oxygen atoms in total. The number of aromatic nitrogens is 2. The quantitative estimate of drug-likeness (QED) is 0.613. The van der Waals surface area contributed by atoms with Gasteiger partial charge in [0.15, 0.2) is 5.82 Å². The number of hydrogen-bond acceptors (Lipinski definition) is 3. The average Bonchev–Trinajstić information content (AvgIpc) is 2.05. The number of rotatable bonds is 1. The number of halogens is 2. The molecule has 0 fully saturated rings. The number of nitriles is 1. The Morgan fingerprint density at radius 2 is 2.27 bits per heavy atom. The molecule has 0 radical (unpaired) electrons. The number of alkyl halides is 2. The van der Waals surface area contributed by atoms with Gasteiger partial charge in [0, 0.05) is 6.20 Å². The zero-order valence-electron chi connectivity index (χ0n) is 5.33. The minimum atomic E-state index is -2.72. The van der Waals surface area contributed by atoms with E-state index in [1.807, 2.05) is 0 Å². The molecule has 0 aliphatic carbocycles. The van der Waals surface area contributed by atoms with Gasteiger partial charge >= 0.3 is 0 Å². The van der Waals surface area contributed by atoms with Crippen molar-refractivity contribution in [3.05, 3.63) is 23.8 Å². The van der Waals surface area contributed by atoms with Crippen LogP contribution < -0.4 is 0 Å². The lowest BCUT2D eigenvalue weighted by Gasteiger charge is -1.94. The summed E-state index contributed by atoms with van der Waals surface area (Å²) in [6, 6.07) is 2.91. The van der Waals surface area contributed by atoms with E-state index in [0.717, 1.165) is 6.20 Å². The Balaban J connectivity index is 3.03. The molecule has 0 aromatic carbocycles. The van der Waals surface area contributed by atoms with Crippen molar-refractivity contribution in [3.63, 3.8) is 0 Å². The molecule has 0 unspecified atom stereocenters. The summed E-state index contributed by atoms with van der Waals surface area (Å²) in [4.78, 5) is 6.54. The van der Waals surface area contributed by atoms with Gasteiger partial charge in [-0.05, 0) is 6.07 Å². The molecule has 5 heteroatoms. The molecule has 0 amide bonds. The van der Waals surface area contributed by atoms with Gasteiger partial charge in [-0.2, -0.15) is 5.26 Å². The number of nitrogens with zero attached hydrogens (tertiary/aromatic N) is 3. The Labute approximate surface area is 61.3 Å². The highest BCUT2D eigenvalue weighted by Crippen LogP contribution is 2.12. The maximum atomic E-state index is 11.8. The Morgan fingerprint density at radius 3 is 2.82 bits per heavy atom. The predicted molar refractivity (Wildman–Crippen MR) is 31.7 cm³/mol. The molecule has 11 heavy (non-hydrogen) atoms. The molecule has 0 aliphatic rings.